The fraction of sp³-hybridized carbons (Fsp3) is 0.429. The summed E-state index contributed by atoms with van der Waals surface area (Å²) in [6.07, 6.45) is -0.841. The van der Waals surface area contributed by atoms with E-state index >= 15 is 0 Å². The topological polar surface area (TPSA) is 255 Å². The normalized spacial score (nSPS) is 16.7. The van der Waals surface area contributed by atoms with E-state index in [0.717, 1.165) is 46.8 Å². The van der Waals surface area contributed by atoms with Gasteiger partial charge in [0.15, 0.2) is 17.9 Å². The Hall–Kier alpha value is -4.63. The van der Waals surface area contributed by atoms with Gasteiger partial charge in [-0.05, 0) is 51.4 Å². The Bertz CT molecular complexity index is 1840. The van der Waals surface area contributed by atoms with Crippen molar-refractivity contribution in [2.24, 2.45) is 17.9 Å². The number of aromatic nitrogens is 3. The van der Waals surface area contributed by atoms with E-state index in [1.807, 2.05) is 33.0 Å². The minimum atomic E-state index is -5.02. The fourth-order valence-electron chi connectivity index (χ4n) is 5.11. The first-order valence-electron chi connectivity index (χ1n) is 14.5. The summed E-state index contributed by atoms with van der Waals surface area (Å²) in [4.78, 5) is 47.0. The van der Waals surface area contributed by atoms with Crippen LogP contribution in [-0.2, 0) is 47.5 Å². The molecule has 0 unspecified atom stereocenters. The molecular formula is C28H37N8O10S2+. The number of β-lactam (4-membered cyclic amide) rings is 1. The molecule has 1 aromatic carbocycles. The molecule has 2 amide bonds. The van der Waals surface area contributed by atoms with Crippen LogP contribution in [0.2, 0.25) is 0 Å². The molecule has 0 aliphatic carbocycles. The average molecular weight is 710 g/mol. The zero-order valence-electron chi connectivity index (χ0n) is 26.7. The zero-order chi connectivity index (χ0) is 35.6. The van der Waals surface area contributed by atoms with E-state index in [-0.39, 0.29) is 10.8 Å². The van der Waals surface area contributed by atoms with Gasteiger partial charge in [0.05, 0.1) is 23.3 Å². The van der Waals surface area contributed by atoms with E-state index < -0.39 is 58.2 Å². The van der Waals surface area contributed by atoms with Crippen LogP contribution < -0.4 is 26.2 Å². The zero-order valence-corrected chi connectivity index (χ0v) is 28.4. The number of hydrogen-bond donors (Lipinski definition) is 5. The van der Waals surface area contributed by atoms with E-state index in [1.54, 1.807) is 12.1 Å². The highest BCUT2D eigenvalue weighted by Gasteiger charge is 2.58. The van der Waals surface area contributed by atoms with E-state index in [9.17, 15) is 27.9 Å². The Morgan fingerprint density at radius 2 is 1.92 bits per heavy atom. The van der Waals surface area contributed by atoms with Crippen LogP contribution in [0.1, 0.15) is 37.4 Å². The number of amides is 2. The highest BCUT2D eigenvalue weighted by atomic mass is 32.3. The number of nitrogen functional groups attached to an aromatic ring is 1. The Labute approximate surface area is 279 Å². The Morgan fingerprint density at radius 3 is 2.46 bits per heavy atom. The van der Waals surface area contributed by atoms with Gasteiger partial charge in [-0.1, -0.05) is 17.3 Å². The standard InChI is InChI=1S/C28H36N8O10S2/c1-15-21(16(2)35(34(15)5)12-6-11-29)17-7-9-18(10-8-17)44-13-20(26(39)40)45-33-22(19-14-47-27(30)31-19)24(37)32-23-25(38)36(28(23,3)4)46-48(41,42)43/h7-10,14,20,23H,6,11-13,29H2,1-5H3,(H4-,30,31,32,37,39,40,41,42,43)/p+1/b33-22-/t20-,23+/m0/s1. The van der Waals surface area contributed by atoms with Crippen molar-refractivity contribution in [1.29, 1.82) is 0 Å². The summed E-state index contributed by atoms with van der Waals surface area (Å²) >= 11 is 0.962. The van der Waals surface area contributed by atoms with Crippen LogP contribution in [0.25, 0.3) is 11.1 Å². The molecule has 0 radical (unpaired) electrons. The summed E-state index contributed by atoms with van der Waals surface area (Å²) in [7, 11) is -3.03. The van der Waals surface area contributed by atoms with E-state index in [1.165, 1.54) is 19.2 Å². The second-order valence-corrected chi connectivity index (χ2v) is 13.2. The molecule has 2 atom stereocenters. The van der Waals surface area contributed by atoms with Crippen molar-refractivity contribution < 1.29 is 51.0 Å². The van der Waals surface area contributed by atoms with Crippen molar-refractivity contribution in [3.05, 3.63) is 46.7 Å². The number of carbonyl (C=O) groups excluding carboxylic acids is 2. The molecule has 1 aliphatic rings. The highest BCUT2D eigenvalue weighted by Crippen LogP contribution is 2.33. The second-order valence-electron chi connectivity index (χ2n) is 11.3. The van der Waals surface area contributed by atoms with Crippen molar-refractivity contribution in [3.8, 4) is 16.9 Å². The number of hydrogen-bond acceptors (Lipinski definition) is 13. The molecular weight excluding hydrogens is 672 g/mol. The number of aliphatic carboxylic acids is 1. The van der Waals surface area contributed by atoms with Gasteiger partial charge in [0.25, 0.3) is 17.9 Å². The van der Waals surface area contributed by atoms with Crippen molar-refractivity contribution in [3.63, 3.8) is 0 Å². The van der Waals surface area contributed by atoms with Crippen LogP contribution >= 0.6 is 11.3 Å². The maximum absolute atomic E-state index is 13.2. The molecule has 20 heteroatoms. The third-order valence-corrected chi connectivity index (χ3v) is 8.74. The van der Waals surface area contributed by atoms with Gasteiger partial charge < -0.3 is 31.5 Å². The number of nitrogens with two attached hydrogens (primary N) is 2. The summed E-state index contributed by atoms with van der Waals surface area (Å²) in [6, 6.07) is 5.77. The number of nitrogens with one attached hydrogen (secondary N) is 1. The van der Waals surface area contributed by atoms with Gasteiger partial charge in [0.2, 0.25) is 5.69 Å². The average Bonchev–Trinajstić information content (AvgIpc) is 3.53. The van der Waals surface area contributed by atoms with Crippen LogP contribution in [0.4, 0.5) is 5.13 Å². The van der Waals surface area contributed by atoms with Crippen molar-refractivity contribution >= 4 is 50.4 Å². The maximum Gasteiger partial charge on any atom is 0.418 e. The predicted octanol–water partition coefficient (Wildman–Crippen LogP) is 0.0768. The molecule has 260 valence electrons. The van der Waals surface area contributed by atoms with Crippen LogP contribution in [0, 0.1) is 13.8 Å². The smallest absolute Gasteiger partial charge is 0.418 e. The Balaban J connectivity index is 1.48. The summed E-state index contributed by atoms with van der Waals surface area (Å²) in [5.41, 5.74) is 13.5. The van der Waals surface area contributed by atoms with Gasteiger partial charge in [-0.2, -0.15) is 18.2 Å². The lowest BCUT2D eigenvalue weighted by Gasteiger charge is -2.50. The summed E-state index contributed by atoms with van der Waals surface area (Å²) < 4.78 is 45.4. The molecule has 1 saturated heterocycles. The molecule has 1 fully saturated rings. The molecule has 48 heavy (non-hydrogen) atoms. The van der Waals surface area contributed by atoms with Gasteiger partial charge >= 0.3 is 16.4 Å². The number of nitrogens with zero attached hydrogens (tertiary/aromatic N) is 5. The van der Waals surface area contributed by atoms with Crippen LogP contribution in [-0.4, -0.2) is 87.1 Å². The number of hydroxylamine groups is 2. The molecule has 3 heterocycles. The molecule has 0 spiro atoms. The van der Waals surface area contributed by atoms with Crippen LogP contribution in [0.5, 0.6) is 5.75 Å². The third-order valence-electron chi connectivity index (χ3n) is 7.72. The number of benzene rings is 1. The summed E-state index contributed by atoms with van der Waals surface area (Å²) in [5, 5.41) is 17.7. The first kappa shape index (κ1) is 36.2. The molecule has 2 aromatic heterocycles. The van der Waals surface area contributed by atoms with Crippen molar-refractivity contribution in [2.45, 2.75) is 58.3 Å². The molecule has 4 rings (SSSR count). The third kappa shape index (κ3) is 7.73. The molecule has 3 aromatic rings. The lowest BCUT2D eigenvalue weighted by molar-refractivity contribution is -0.759. The molecule has 0 bridgehead atoms. The Kier molecular flexibility index (Phi) is 10.7. The van der Waals surface area contributed by atoms with Crippen LogP contribution in [0.3, 0.4) is 0 Å². The van der Waals surface area contributed by atoms with E-state index in [2.05, 4.69) is 29.1 Å². The highest BCUT2D eigenvalue weighted by molar-refractivity contribution is 7.80. The van der Waals surface area contributed by atoms with E-state index in [4.69, 9.17) is 25.6 Å². The number of carboxylic acid groups (broad SMARTS) is 1. The Morgan fingerprint density at radius 1 is 1.25 bits per heavy atom. The molecule has 1 aliphatic heterocycles. The number of carbonyl (C=O) groups is 3. The molecule has 18 nitrogen and oxygen atoms in total. The fourth-order valence-corrected chi connectivity index (χ4v) is 6.11. The maximum atomic E-state index is 13.2. The van der Waals surface area contributed by atoms with Gasteiger partial charge in [0.1, 0.15) is 24.1 Å². The lowest BCUT2D eigenvalue weighted by Crippen LogP contribution is -2.76. The second kappa shape index (κ2) is 14.2. The van der Waals surface area contributed by atoms with Gasteiger partial charge in [-0.25, -0.2) is 9.78 Å². The van der Waals surface area contributed by atoms with Gasteiger partial charge in [-0.15, -0.1) is 20.3 Å². The van der Waals surface area contributed by atoms with Crippen molar-refractivity contribution in [1.82, 2.24) is 20.0 Å². The van der Waals surface area contributed by atoms with Crippen LogP contribution in [0.15, 0.2) is 34.8 Å². The number of thiazole rings is 1. The first-order valence-corrected chi connectivity index (χ1v) is 16.7. The van der Waals surface area contributed by atoms with Crippen molar-refractivity contribution in [2.75, 3.05) is 18.9 Å². The summed E-state index contributed by atoms with van der Waals surface area (Å²) in [6.45, 7) is 7.65. The summed E-state index contributed by atoms with van der Waals surface area (Å²) in [5.74, 6) is -3.10. The number of carboxylic acids is 1. The quantitative estimate of drug-likeness (QED) is 0.0461. The first-order chi connectivity index (χ1) is 22.5. The SMILES string of the molecule is Cc1c(-c2ccc(OC[C@H](O/N=C(\C(=O)N[C@@H]3C(=O)N(OS(=O)(=O)O)C3(C)C)c3csc(N)n3)C(=O)O)cc2)c(C)[n+](C)n1CCCN. The number of oxime groups is 1. The lowest BCUT2D eigenvalue weighted by atomic mass is 9.84. The largest absolute Gasteiger partial charge is 0.489 e. The van der Waals surface area contributed by atoms with Gasteiger partial charge in [0, 0.05) is 12.3 Å². The number of anilines is 1. The predicted molar refractivity (Wildman–Crippen MR) is 171 cm³/mol. The minimum absolute atomic E-state index is 0.0612. The molecule has 0 saturated carbocycles. The van der Waals surface area contributed by atoms with E-state index in [0.29, 0.717) is 17.4 Å². The number of rotatable bonds is 15. The van der Waals surface area contributed by atoms with Gasteiger partial charge in [-0.3, -0.25) is 14.1 Å². The monoisotopic (exact) mass is 709 g/mol. The number of ether oxygens (including phenoxy) is 1. The molecule has 7 N–H and O–H groups in total. The minimum Gasteiger partial charge on any atom is -0.489 e.